The quantitative estimate of drug-likeness (QED) is 0.696. The molecule has 90 valence electrons. The smallest absolute Gasteiger partial charge is 0.243 e. The second-order valence-corrected chi connectivity index (χ2v) is 3.76. The number of hydrogen-bond acceptors (Lipinski definition) is 7. The fraction of sp³-hybridized carbons (Fsp3) is 0.200. The van der Waals surface area contributed by atoms with Crippen LogP contribution in [0.2, 0.25) is 0 Å². The molecule has 0 saturated heterocycles. The number of anilines is 1. The van der Waals surface area contributed by atoms with Gasteiger partial charge in [0.2, 0.25) is 5.95 Å². The molecule has 2 aromatic heterocycles. The highest BCUT2D eigenvalue weighted by Crippen LogP contribution is 2.13. The van der Waals surface area contributed by atoms with Crippen molar-refractivity contribution in [3.05, 3.63) is 30.1 Å². The Bertz CT molecular complexity index is 650. The van der Waals surface area contributed by atoms with Crippen molar-refractivity contribution in [1.29, 1.82) is 0 Å². The maximum atomic E-state index is 4.35. The van der Waals surface area contributed by atoms with E-state index in [1.165, 1.54) is 0 Å². The van der Waals surface area contributed by atoms with Gasteiger partial charge in [0, 0.05) is 0 Å². The summed E-state index contributed by atoms with van der Waals surface area (Å²) in [7, 11) is 0. The number of nitrogens with one attached hydrogen (secondary N) is 2. The Balaban J connectivity index is 1.86. The van der Waals surface area contributed by atoms with Gasteiger partial charge in [-0.25, -0.2) is 4.98 Å². The predicted molar refractivity (Wildman–Crippen MR) is 63.5 cm³/mol. The molecule has 8 nitrogen and oxygen atoms in total. The zero-order valence-electron chi connectivity index (χ0n) is 9.57. The highest BCUT2D eigenvalue weighted by atomic mass is 15.5. The van der Waals surface area contributed by atoms with E-state index in [0.29, 0.717) is 11.8 Å². The summed E-state index contributed by atoms with van der Waals surface area (Å²) in [5.41, 5.74) is 1.55. The normalized spacial score (nSPS) is 12.5. The lowest BCUT2D eigenvalue weighted by atomic mass is 10.3. The van der Waals surface area contributed by atoms with E-state index >= 15 is 0 Å². The zero-order chi connectivity index (χ0) is 12.4. The first kappa shape index (κ1) is 10.5. The number of aromatic amines is 1. The number of H-pyrrole nitrogens is 1. The Labute approximate surface area is 102 Å². The Hall–Kier alpha value is -2.64. The average Bonchev–Trinajstić information content (AvgIpc) is 2.92. The zero-order valence-corrected chi connectivity index (χ0v) is 9.57. The summed E-state index contributed by atoms with van der Waals surface area (Å²) in [6.45, 7) is 1.89. The monoisotopic (exact) mass is 242 g/mol. The third kappa shape index (κ3) is 1.95. The van der Waals surface area contributed by atoms with Crippen molar-refractivity contribution in [2.75, 3.05) is 5.32 Å². The lowest BCUT2D eigenvalue weighted by Gasteiger charge is -2.08. The van der Waals surface area contributed by atoms with Crippen LogP contribution in [0.15, 0.2) is 24.3 Å². The van der Waals surface area contributed by atoms with Crippen LogP contribution in [0, 0.1) is 0 Å². The van der Waals surface area contributed by atoms with Gasteiger partial charge in [-0.1, -0.05) is 17.3 Å². The molecule has 18 heavy (non-hydrogen) atoms. The van der Waals surface area contributed by atoms with Crippen LogP contribution in [-0.2, 0) is 0 Å². The number of hydrogen-bond donors (Lipinski definition) is 2. The van der Waals surface area contributed by atoms with Crippen molar-refractivity contribution in [3.8, 4) is 0 Å². The van der Waals surface area contributed by atoms with Gasteiger partial charge in [0.05, 0.1) is 11.6 Å². The molecule has 0 radical (unpaired) electrons. The van der Waals surface area contributed by atoms with Gasteiger partial charge in [0.25, 0.3) is 0 Å². The van der Waals surface area contributed by atoms with E-state index < -0.39 is 0 Å². The van der Waals surface area contributed by atoms with Crippen LogP contribution in [0.25, 0.3) is 11.0 Å². The van der Waals surface area contributed by atoms with Crippen LogP contribution < -0.4 is 5.32 Å². The van der Waals surface area contributed by atoms with Gasteiger partial charge < -0.3 is 5.32 Å². The first-order valence-corrected chi connectivity index (χ1v) is 5.42. The minimum absolute atomic E-state index is 0.147. The minimum atomic E-state index is -0.147. The summed E-state index contributed by atoms with van der Waals surface area (Å²) >= 11 is 0. The summed E-state index contributed by atoms with van der Waals surface area (Å²) in [6.07, 6.45) is 0. The number of aromatic nitrogens is 7. The summed E-state index contributed by atoms with van der Waals surface area (Å²) in [4.78, 5) is 4.35. The van der Waals surface area contributed by atoms with Crippen LogP contribution in [0.5, 0.6) is 0 Å². The summed E-state index contributed by atoms with van der Waals surface area (Å²) in [5.74, 6) is 0.984. The van der Waals surface area contributed by atoms with Gasteiger partial charge in [-0.2, -0.15) is 5.21 Å². The van der Waals surface area contributed by atoms with Crippen molar-refractivity contribution in [1.82, 2.24) is 35.8 Å². The van der Waals surface area contributed by atoms with Gasteiger partial charge >= 0.3 is 0 Å². The van der Waals surface area contributed by atoms with Gasteiger partial charge in [-0.05, 0) is 19.1 Å². The van der Waals surface area contributed by atoms with Crippen molar-refractivity contribution in [2.45, 2.75) is 13.0 Å². The van der Waals surface area contributed by atoms with Gasteiger partial charge in [0.15, 0.2) is 5.82 Å². The molecule has 0 saturated carbocycles. The highest BCUT2D eigenvalue weighted by Gasteiger charge is 2.11. The van der Waals surface area contributed by atoms with Gasteiger partial charge in [-0.3, -0.25) is 0 Å². The Kier molecular flexibility index (Phi) is 2.52. The molecule has 1 aromatic carbocycles. The lowest BCUT2D eigenvalue weighted by Crippen LogP contribution is -2.11. The number of nitrogens with zero attached hydrogens (tertiary/aromatic N) is 6. The van der Waals surface area contributed by atoms with E-state index in [4.69, 9.17) is 0 Å². The van der Waals surface area contributed by atoms with Crippen LogP contribution in [0.4, 0.5) is 5.95 Å². The molecule has 2 heterocycles. The molecular formula is C10H10N8. The second-order valence-electron chi connectivity index (χ2n) is 3.76. The molecule has 0 amide bonds. The number of rotatable bonds is 3. The Morgan fingerprint density at radius 3 is 2.72 bits per heavy atom. The van der Waals surface area contributed by atoms with E-state index in [9.17, 15) is 0 Å². The molecule has 0 bridgehead atoms. The van der Waals surface area contributed by atoms with Crippen molar-refractivity contribution in [3.63, 3.8) is 0 Å². The molecule has 0 aliphatic carbocycles. The van der Waals surface area contributed by atoms with E-state index in [1.54, 1.807) is 0 Å². The standard InChI is InChI=1S/C10H10N8/c1-6(9-14-17-18-15-9)11-10-12-7-4-2-3-5-8(7)13-16-10/h2-6H,1H3,(H,11,12,16)(H,14,15,17,18). The van der Waals surface area contributed by atoms with Crippen LogP contribution in [0.3, 0.4) is 0 Å². The van der Waals surface area contributed by atoms with E-state index in [0.717, 1.165) is 11.0 Å². The topological polar surface area (TPSA) is 105 Å². The van der Waals surface area contributed by atoms with Gasteiger partial charge in [0.1, 0.15) is 5.52 Å². The second kappa shape index (κ2) is 4.32. The van der Waals surface area contributed by atoms with Crippen LogP contribution in [-0.4, -0.2) is 35.8 Å². The van der Waals surface area contributed by atoms with Crippen LogP contribution in [0.1, 0.15) is 18.8 Å². The van der Waals surface area contributed by atoms with Crippen molar-refractivity contribution < 1.29 is 0 Å². The largest absolute Gasteiger partial charge is 0.343 e. The lowest BCUT2D eigenvalue weighted by molar-refractivity contribution is 0.776. The molecule has 0 fully saturated rings. The maximum Gasteiger partial charge on any atom is 0.243 e. The summed E-state index contributed by atoms with van der Waals surface area (Å²) in [6, 6.07) is 7.40. The fourth-order valence-electron chi connectivity index (χ4n) is 1.55. The molecule has 3 rings (SSSR count). The molecule has 0 aliphatic heterocycles. The molecule has 0 aliphatic rings. The van der Waals surface area contributed by atoms with E-state index in [1.807, 2.05) is 31.2 Å². The molecule has 0 spiro atoms. The van der Waals surface area contributed by atoms with Gasteiger partial charge in [-0.15, -0.1) is 20.4 Å². The Morgan fingerprint density at radius 1 is 1.11 bits per heavy atom. The molecule has 1 unspecified atom stereocenters. The predicted octanol–water partition coefficient (Wildman–Crippen LogP) is 0.711. The number of fused-ring (bicyclic) bond motifs is 1. The molecule has 8 heteroatoms. The van der Waals surface area contributed by atoms with E-state index in [-0.39, 0.29) is 6.04 Å². The third-order valence-corrected chi connectivity index (χ3v) is 2.46. The molecule has 2 N–H and O–H groups in total. The highest BCUT2D eigenvalue weighted by molar-refractivity contribution is 5.74. The molecular weight excluding hydrogens is 232 g/mol. The Morgan fingerprint density at radius 2 is 1.94 bits per heavy atom. The van der Waals surface area contributed by atoms with Crippen LogP contribution >= 0.6 is 0 Å². The summed E-state index contributed by atoms with van der Waals surface area (Å²) < 4.78 is 0. The van der Waals surface area contributed by atoms with E-state index in [2.05, 4.69) is 41.1 Å². The number of benzene rings is 1. The number of tetrazole rings is 1. The fourth-order valence-corrected chi connectivity index (χ4v) is 1.55. The minimum Gasteiger partial charge on any atom is -0.343 e. The molecule has 3 aromatic rings. The average molecular weight is 242 g/mol. The van der Waals surface area contributed by atoms with Crippen molar-refractivity contribution >= 4 is 17.0 Å². The SMILES string of the molecule is CC(Nc1nnc2ccccc2n1)c1nn[nH]n1. The third-order valence-electron chi connectivity index (χ3n) is 2.46. The first-order valence-electron chi connectivity index (χ1n) is 5.42. The van der Waals surface area contributed by atoms with Crippen molar-refractivity contribution in [2.24, 2.45) is 0 Å². The maximum absolute atomic E-state index is 4.35. The first-order chi connectivity index (χ1) is 8.83. The summed E-state index contributed by atoms with van der Waals surface area (Å²) in [5, 5.41) is 24.8. The number of para-hydroxylation sites is 1. The molecule has 1 atom stereocenters.